The molecule has 0 amide bonds. The van der Waals surface area contributed by atoms with E-state index in [4.69, 9.17) is 0 Å². The molecule has 0 nitrogen and oxygen atoms in total. The second-order valence-corrected chi connectivity index (χ2v) is 3.57. The molecule has 0 aromatic rings. The van der Waals surface area contributed by atoms with Crippen LogP contribution in [0, 0.1) is 0 Å². The predicted octanol–water partition coefficient (Wildman–Crippen LogP) is 4.34. The van der Waals surface area contributed by atoms with E-state index in [1.807, 2.05) is 6.08 Å². The molecule has 0 N–H and O–H groups in total. The second-order valence-electron chi connectivity index (χ2n) is 3.57. The van der Waals surface area contributed by atoms with Gasteiger partial charge in [-0.25, -0.2) is 0 Å². The van der Waals surface area contributed by atoms with Crippen molar-refractivity contribution in [2.75, 3.05) is 0 Å². The van der Waals surface area contributed by atoms with Gasteiger partial charge in [0.2, 0.25) is 0 Å². The Morgan fingerprint density at radius 2 is 2.14 bits per heavy atom. The summed E-state index contributed by atoms with van der Waals surface area (Å²) < 4.78 is 0. The van der Waals surface area contributed by atoms with E-state index in [9.17, 15) is 0 Å². The van der Waals surface area contributed by atoms with Crippen LogP contribution < -0.4 is 0 Å². The number of hydrogen-bond acceptors (Lipinski definition) is 0. The van der Waals surface area contributed by atoms with Gasteiger partial charge in [0.05, 0.1) is 0 Å². The lowest BCUT2D eigenvalue weighted by atomic mass is 9.99. The van der Waals surface area contributed by atoms with Gasteiger partial charge >= 0.3 is 0 Å². The zero-order valence-corrected chi connectivity index (χ0v) is 8.87. The van der Waals surface area contributed by atoms with E-state index in [2.05, 4.69) is 50.0 Å². The molecule has 0 saturated carbocycles. The zero-order chi connectivity index (χ0) is 10.2. The highest BCUT2D eigenvalue weighted by molar-refractivity contribution is 5.31. The highest BCUT2D eigenvalue weighted by Crippen LogP contribution is 2.18. The molecule has 14 heavy (non-hydrogen) atoms. The Morgan fingerprint density at radius 3 is 2.79 bits per heavy atom. The monoisotopic (exact) mass is 186 g/mol. The SMILES string of the molecule is C=CC/C=C\C=C/C1=CC=C(C)CC1. The Balaban J connectivity index is 2.41. The van der Waals surface area contributed by atoms with Gasteiger partial charge in [-0.1, -0.05) is 48.1 Å². The fourth-order valence-electron chi connectivity index (χ4n) is 1.33. The highest BCUT2D eigenvalue weighted by Gasteiger charge is 1.98. The largest absolute Gasteiger partial charge is 0.103 e. The minimum atomic E-state index is 0.947. The second kappa shape index (κ2) is 6.20. The molecule has 0 unspecified atom stereocenters. The van der Waals surface area contributed by atoms with Crippen LogP contribution in [0.5, 0.6) is 0 Å². The third-order valence-corrected chi connectivity index (χ3v) is 2.25. The summed E-state index contributed by atoms with van der Waals surface area (Å²) >= 11 is 0. The first-order chi connectivity index (χ1) is 6.83. The Hall–Kier alpha value is -1.30. The Bertz CT molecular complexity index is 298. The summed E-state index contributed by atoms with van der Waals surface area (Å²) in [5.74, 6) is 0. The molecular formula is C14H18. The van der Waals surface area contributed by atoms with Crippen LogP contribution in [0.15, 0.2) is 60.3 Å². The fourth-order valence-corrected chi connectivity index (χ4v) is 1.33. The lowest BCUT2D eigenvalue weighted by Gasteiger charge is -2.07. The van der Waals surface area contributed by atoms with Crippen molar-refractivity contribution in [1.29, 1.82) is 0 Å². The summed E-state index contributed by atoms with van der Waals surface area (Å²) in [4.78, 5) is 0. The van der Waals surface area contributed by atoms with Crippen LogP contribution in [0.4, 0.5) is 0 Å². The maximum Gasteiger partial charge on any atom is -0.0169 e. The first-order valence-electron chi connectivity index (χ1n) is 5.13. The molecule has 0 fully saturated rings. The van der Waals surface area contributed by atoms with Gasteiger partial charge in [-0.05, 0) is 31.8 Å². The molecule has 0 radical (unpaired) electrons. The summed E-state index contributed by atoms with van der Waals surface area (Å²) in [6.07, 6.45) is 18.1. The van der Waals surface area contributed by atoms with Crippen LogP contribution in [0.25, 0.3) is 0 Å². The Labute approximate surface area is 87.0 Å². The van der Waals surface area contributed by atoms with Gasteiger partial charge in [0.1, 0.15) is 0 Å². The van der Waals surface area contributed by atoms with E-state index in [0.29, 0.717) is 0 Å². The number of allylic oxidation sites excluding steroid dienone is 9. The minimum Gasteiger partial charge on any atom is -0.103 e. The van der Waals surface area contributed by atoms with Crippen LogP contribution >= 0.6 is 0 Å². The molecule has 0 saturated heterocycles. The molecular weight excluding hydrogens is 168 g/mol. The van der Waals surface area contributed by atoms with E-state index >= 15 is 0 Å². The summed E-state index contributed by atoms with van der Waals surface area (Å²) in [5, 5.41) is 0. The van der Waals surface area contributed by atoms with Gasteiger partial charge in [-0.15, -0.1) is 6.58 Å². The van der Waals surface area contributed by atoms with Crippen molar-refractivity contribution in [3.8, 4) is 0 Å². The van der Waals surface area contributed by atoms with Crippen LogP contribution in [-0.4, -0.2) is 0 Å². The molecule has 0 heteroatoms. The van der Waals surface area contributed by atoms with E-state index in [1.165, 1.54) is 24.0 Å². The third-order valence-electron chi connectivity index (χ3n) is 2.25. The molecule has 0 aromatic heterocycles. The quantitative estimate of drug-likeness (QED) is 0.452. The zero-order valence-electron chi connectivity index (χ0n) is 8.87. The molecule has 0 bridgehead atoms. The maximum absolute atomic E-state index is 3.66. The Morgan fingerprint density at radius 1 is 1.29 bits per heavy atom. The normalized spacial score (nSPS) is 17.2. The van der Waals surface area contributed by atoms with Gasteiger partial charge in [0.25, 0.3) is 0 Å². The molecule has 1 rings (SSSR count). The van der Waals surface area contributed by atoms with Crippen molar-refractivity contribution in [2.24, 2.45) is 0 Å². The first-order valence-corrected chi connectivity index (χ1v) is 5.13. The molecule has 0 spiro atoms. The lowest BCUT2D eigenvalue weighted by Crippen LogP contribution is -1.87. The minimum absolute atomic E-state index is 0.947. The van der Waals surface area contributed by atoms with Crippen LogP contribution in [0.3, 0.4) is 0 Å². The lowest BCUT2D eigenvalue weighted by molar-refractivity contribution is 0.927. The van der Waals surface area contributed by atoms with Gasteiger partial charge in [-0.3, -0.25) is 0 Å². The summed E-state index contributed by atoms with van der Waals surface area (Å²) in [6.45, 7) is 5.84. The van der Waals surface area contributed by atoms with Gasteiger partial charge in [0.15, 0.2) is 0 Å². The molecule has 1 aliphatic rings. The topological polar surface area (TPSA) is 0 Å². The van der Waals surface area contributed by atoms with E-state index in [1.54, 1.807) is 0 Å². The van der Waals surface area contributed by atoms with Crippen molar-refractivity contribution < 1.29 is 0 Å². The van der Waals surface area contributed by atoms with Crippen molar-refractivity contribution in [2.45, 2.75) is 26.2 Å². The van der Waals surface area contributed by atoms with Crippen LogP contribution in [-0.2, 0) is 0 Å². The van der Waals surface area contributed by atoms with Crippen LogP contribution in [0.2, 0.25) is 0 Å². The number of hydrogen-bond donors (Lipinski definition) is 0. The van der Waals surface area contributed by atoms with E-state index < -0.39 is 0 Å². The van der Waals surface area contributed by atoms with Crippen molar-refractivity contribution >= 4 is 0 Å². The smallest absolute Gasteiger partial charge is 0.0169 e. The molecule has 74 valence electrons. The van der Waals surface area contributed by atoms with Crippen LogP contribution in [0.1, 0.15) is 26.2 Å². The number of rotatable bonds is 4. The average molecular weight is 186 g/mol. The van der Waals surface area contributed by atoms with E-state index in [-0.39, 0.29) is 0 Å². The third kappa shape index (κ3) is 4.08. The fraction of sp³-hybridized carbons (Fsp3) is 0.286. The van der Waals surface area contributed by atoms with Crippen molar-refractivity contribution in [3.05, 3.63) is 60.3 Å². The molecule has 0 heterocycles. The molecule has 0 atom stereocenters. The van der Waals surface area contributed by atoms with Gasteiger partial charge in [-0.2, -0.15) is 0 Å². The first kappa shape index (κ1) is 10.8. The Kier molecular flexibility index (Phi) is 4.77. The van der Waals surface area contributed by atoms with Crippen molar-refractivity contribution in [3.63, 3.8) is 0 Å². The van der Waals surface area contributed by atoms with Gasteiger partial charge < -0.3 is 0 Å². The highest BCUT2D eigenvalue weighted by atomic mass is 14.0. The summed E-state index contributed by atoms with van der Waals surface area (Å²) in [6, 6.07) is 0. The molecule has 0 aliphatic heterocycles. The molecule has 0 aromatic carbocycles. The summed E-state index contributed by atoms with van der Waals surface area (Å²) in [5.41, 5.74) is 2.89. The van der Waals surface area contributed by atoms with E-state index in [0.717, 1.165) is 6.42 Å². The summed E-state index contributed by atoms with van der Waals surface area (Å²) in [7, 11) is 0. The molecule has 1 aliphatic carbocycles. The maximum atomic E-state index is 3.66. The predicted molar refractivity (Wildman–Crippen MR) is 64.2 cm³/mol. The standard InChI is InChI=1S/C14H18/c1-3-4-5-6-7-8-14-11-9-13(2)10-12-14/h3,5-9,11H,1,4,10,12H2,2H3/b6-5-,8-7-. The van der Waals surface area contributed by atoms with Crippen molar-refractivity contribution in [1.82, 2.24) is 0 Å². The average Bonchev–Trinajstić information content (AvgIpc) is 2.21. The van der Waals surface area contributed by atoms with Gasteiger partial charge in [0, 0.05) is 0 Å².